The molecule has 40 heavy (non-hydrogen) atoms. The number of alkyl halides is 3. The van der Waals surface area contributed by atoms with Crippen molar-refractivity contribution in [3.63, 3.8) is 0 Å². The van der Waals surface area contributed by atoms with Crippen LogP contribution in [0.2, 0.25) is 0 Å². The molecule has 2 aliphatic rings. The number of hydrogen-bond acceptors (Lipinski definition) is 7. The monoisotopic (exact) mass is 590 g/mol. The van der Waals surface area contributed by atoms with Crippen LogP contribution in [-0.2, 0) is 19.6 Å². The van der Waals surface area contributed by atoms with Gasteiger partial charge < -0.3 is 19.3 Å². The Balaban J connectivity index is 1.70. The van der Waals surface area contributed by atoms with E-state index in [1.807, 2.05) is 0 Å². The zero-order valence-corrected chi connectivity index (χ0v) is 22.4. The van der Waals surface area contributed by atoms with Crippen molar-refractivity contribution in [3.05, 3.63) is 42.2 Å². The number of anilines is 2. The minimum atomic E-state index is -4.85. The molecule has 2 N–H and O–H groups in total. The summed E-state index contributed by atoms with van der Waals surface area (Å²) in [6.45, 7) is 1.00. The molecule has 10 nitrogen and oxygen atoms in total. The minimum absolute atomic E-state index is 0.0133. The Kier molecular flexibility index (Phi) is 7.32. The van der Waals surface area contributed by atoms with Gasteiger partial charge in [-0.3, -0.25) is 14.4 Å². The van der Waals surface area contributed by atoms with Gasteiger partial charge >= 0.3 is 18.2 Å². The van der Waals surface area contributed by atoms with E-state index < -0.39 is 51.2 Å². The Hall–Kier alpha value is -3.75. The molecule has 2 aromatic rings. The molecule has 1 saturated carbocycles. The maximum absolute atomic E-state index is 14.0. The molecule has 1 atom stereocenters. The van der Waals surface area contributed by atoms with Gasteiger partial charge in [-0.05, 0) is 57.0 Å². The summed E-state index contributed by atoms with van der Waals surface area (Å²) in [5, 5.41) is 11.8. The zero-order valence-electron chi connectivity index (χ0n) is 21.5. The first-order chi connectivity index (χ1) is 18.5. The number of nitrogens with zero attached hydrogens (tertiary/aromatic N) is 1. The summed E-state index contributed by atoms with van der Waals surface area (Å²) in [5.74, 6) is -2.14. The van der Waals surface area contributed by atoms with Gasteiger partial charge in [0.1, 0.15) is 11.9 Å². The number of carboxylic acids is 1. The van der Waals surface area contributed by atoms with E-state index in [0.29, 0.717) is 26.7 Å². The number of carbonyl (C=O) groups is 2. The van der Waals surface area contributed by atoms with Gasteiger partial charge in [0, 0.05) is 18.2 Å². The van der Waals surface area contributed by atoms with Gasteiger partial charge in [-0.1, -0.05) is 0 Å². The van der Waals surface area contributed by atoms with Gasteiger partial charge in [0.15, 0.2) is 11.6 Å². The average Bonchev–Trinajstić information content (AvgIpc) is 3.63. The summed E-state index contributed by atoms with van der Waals surface area (Å²) < 4.78 is 97.1. The smallest absolute Gasteiger partial charge is 0.427 e. The highest BCUT2D eigenvalue weighted by molar-refractivity contribution is 7.92. The number of fused-ring (bicyclic) bond motifs is 1. The summed E-state index contributed by atoms with van der Waals surface area (Å²) >= 11 is 0. The predicted octanol–water partition coefficient (Wildman–Crippen LogP) is 4.93. The average molecular weight is 591 g/mol. The van der Waals surface area contributed by atoms with Crippen LogP contribution in [0, 0.1) is 11.2 Å². The molecule has 1 heterocycles. The van der Waals surface area contributed by atoms with E-state index in [1.54, 1.807) is 0 Å². The highest BCUT2D eigenvalue weighted by atomic mass is 32.2. The van der Waals surface area contributed by atoms with Gasteiger partial charge in [0.2, 0.25) is 5.60 Å². The lowest BCUT2D eigenvalue weighted by Gasteiger charge is -2.36. The number of hydrogen-bond donors (Lipinski definition) is 2. The van der Waals surface area contributed by atoms with Crippen LogP contribution in [-0.4, -0.2) is 57.1 Å². The molecule has 1 aliphatic carbocycles. The predicted molar refractivity (Wildman–Crippen MR) is 132 cm³/mol. The largest absolute Gasteiger partial charge is 0.494 e. The highest BCUT2D eigenvalue weighted by Gasteiger charge is 2.53. The molecule has 0 unspecified atom stereocenters. The normalized spacial score (nSPS) is 18.3. The molecule has 0 bridgehead atoms. The lowest BCUT2D eigenvalue weighted by molar-refractivity contribution is -0.242. The highest BCUT2D eigenvalue weighted by Crippen LogP contribution is 2.51. The second-order valence-corrected chi connectivity index (χ2v) is 11.9. The van der Waals surface area contributed by atoms with E-state index in [-0.39, 0.29) is 40.7 Å². The first-order valence-corrected chi connectivity index (χ1v) is 13.4. The molecule has 1 fully saturated rings. The topological polar surface area (TPSA) is 131 Å². The van der Waals surface area contributed by atoms with Crippen LogP contribution in [0.5, 0.6) is 11.5 Å². The number of carbonyl (C=O) groups excluding carboxylic acids is 1. The summed E-state index contributed by atoms with van der Waals surface area (Å²) in [7, 11) is -3.28. The number of sulfonamides is 1. The molecule has 218 valence electrons. The Morgan fingerprint density at radius 2 is 1.85 bits per heavy atom. The van der Waals surface area contributed by atoms with E-state index in [9.17, 15) is 40.7 Å². The number of ether oxygens (including phenoxy) is 3. The maximum Gasteiger partial charge on any atom is 0.427 e. The van der Waals surface area contributed by atoms with Crippen LogP contribution in [0.1, 0.15) is 33.1 Å². The number of benzene rings is 2. The van der Waals surface area contributed by atoms with Crippen LogP contribution >= 0.6 is 0 Å². The fourth-order valence-corrected chi connectivity index (χ4v) is 5.69. The van der Waals surface area contributed by atoms with Crippen LogP contribution in [0.25, 0.3) is 0 Å². The van der Waals surface area contributed by atoms with Crippen molar-refractivity contribution < 1.29 is 54.9 Å². The van der Waals surface area contributed by atoms with E-state index in [2.05, 4.69) is 10.1 Å². The third-order valence-corrected chi connectivity index (χ3v) is 8.58. The van der Waals surface area contributed by atoms with Gasteiger partial charge in [0.05, 0.1) is 29.7 Å². The van der Waals surface area contributed by atoms with Crippen LogP contribution in [0.3, 0.4) is 0 Å². The summed E-state index contributed by atoms with van der Waals surface area (Å²) in [6.07, 6.45) is -6.35. The molecule has 0 aromatic heterocycles. The number of amides is 1. The van der Waals surface area contributed by atoms with Crippen molar-refractivity contribution in [2.24, 2.45) is 5.41 Å². The van der Waals surface area contributed by atoms with E-state index >= 15 is 0 Å². The first-order valence-electron chi connectivity index (χ1n) is 12.0. The van der Waals surface area contributed by atoms with Crippen LogP contribution < -0.4 is 19.1 Å². The van der Waals surface area contributed by atoms with Crippen LogP contribution in [0.4, 0.5) is 33.7 Å². The third-order valence-electron chi connectivity index (χ3n) is 6.80. The molecule has 1 aliphatic heterocycles. The van der Waals surface area contributed by atoms with E-state index in [4.69, 9.17) is 9.47 Å². The fourth-order valence-electron chi connectivity index (χ4n) is 4.18. The molecular weight excluding hydrogens is 564 g/mol. The molecule has 0 saturated heterocycles. The molecule has 4 rings (SSSR count). The number of methoxy groups -OCH3 is 1. The lowest BCUT2D eigenvalue weighted by atomic mass is 9.97. The van der Waals surface area contributed by atoms with E-state index in [1.165, 1.54) is 12.1 Å². The SMILES string of the molecule is COc1cc(S(=O)(=O)N2C[C@H](CC3(C(=O)O)CC3)Oc3ccc(NC(=O)OC(C)(C)C(F)(F)F)cc32)ccc1F. The molecule has 2 aromatic carbocycles. The fraction of sp³-hybridized carbons (Fsp3) is 0.440. The number of carboxylic acid groups (broad SMARTS) is 1. The maximum atomic E-state index is 14.0. The van der Waals surface area contributed by atoms with E-state index in [0.717, 1.165) is 35.7 Å². The Labute approximate surface area is 226 Å². The van der Waals surface area contributed by atoms with Crippen molar-refractivity contribution in [2.45, 2.75) is 55.9 Å². The Morgan fingerprint density at radius 1 is 1.18 bits per heavy atom. The van der Waals surface area contributed by atoms with Gasteiger partial charge in [-0.15, -0.1) is 0 Å². The van der Waals surface area contributed by atoms with Crippen molar-refractivity contribution in [1.82, 2.24) is 0 Å². The molecule has 1 amide bonds. The van der Waals surface area contributed by atoms with Gasteiger partial charge in [0.25, 0.3) is 10.0 Å². The molecule has 15 heteroatoms. The second kappa shape index (κ2) is 10.0. The molecular formula is C25H26F4N2O8S. The van der Waals surface area contributed by atoms with Crippen molar-refractivity contribution >= 4 is 33.5 Å². The Morgan fingerprint density at radius 3 is 2.42 bits per heavy atom. The summed E-state index contributed by atoms with van der Waals surface area (Å²) in [5.41, 5.74) is -4.05. The molecule has 0 radical (unpaired) electrons. The van der Waals surface area contributed by atoms with Gasteiger partial charge in [-0.25, -0.2) is 17.6 Å². The minimum Gasteiger partial charge on any atom is -0.494 e. The summed E-state index contributed by atoms with van der Waals surface area (Å²) in [4.78, 5) is 23.6. The second-order valence-electron chi connectivity index (χ2n) is 10.1. The van der Waals surface area contributed by atoms with Crippen LogP contribution in [0.15, 0.2) is 41.3 Å². The lowest BCUT2D eigenvalue weighted by Crippen LogP contribution is -2.45. The standard InChI is InChI=1S/C25H26F4N2O8S/c1-23(2,25(27,28)29)39-22(34)30-14-4-7-19-18(10-14)31(13-15(38-19)12-24(8-9-24)21(32)33)40(35,36)16-5-6-17(26)20(11-16)37-3/h4-7,10-11,15H,8-9,12-13H2,1-3H3,(H,30,34)(H,32,33)/t15-/m0/s1. The quantitative estimate of drug-likeness (QED) is 0.414. The number of halogens is 4. The number of nitrogens with one attached hydrogen (secondary N) is 1. The third kappa shape index (κ3) is 5.60. The Bertz CT molecular complexity index is 1440. The zero-order chi connectivity index (χ0) is 29.7. The van der Waals surface area contributed by atoms with Crippen molar-refractivity contribution in [2.75, 3.05) is 23.3 Å². The first kappa shape index (κ1) is 29.2. The molecule has 0 spiro atoms. The van der Waals surface area contributed by atoms with Crippen molar-refractivity contribution in [1.29, 1.82) is 0 Å². The number of rotatable bonds is 8. The van der Waals surface area contributed by atoms with Crippen molar-refractivity contribution in [3.8, 4) is 11.5 Å². The summed E-state index contributed by atoms with van der Waals surface area (Å²) in [6, 6.07) is 6.63. The van der Waals surface area contributed by atoms with Gasteiger partial charge in [-0.2, -0.15) is 13.2 Å². The number of aliphatic carboxylic acids is 1.